The van der Waals surface area contributed by atoms with Crippen LogP contribution < -0.4 is 0 Å². The highest BCUT2D eigenvalue weighted by molar-refractivity contribution is 7.89. The molecule has 0 radical (unpaired) electrons. The molecule has 1 atom stereocenters. The number of para-hydroxylation sites is 1. The van der Waals surface area contributed by atoms with Gasteiger partial charge in [-0.15, -0.1) is 0 Å². The zero-order chi connectivity index (χ0) is 31.3. The van der Waals surface area contributed by atoms with Gasteiger partial charge >= 0.3 is 18.2 Å². The normalized spacial score (nSPS) is 13.4. The van der Waals surface area contributed by atoms with E-state index >= 15 is 0 Å². The summed E-state index contributed by atoms with van der Waals surface area (Å²) in [7, 11) is -3.05. The number of nitro groups is 1. The van der Waals surface area contributed by atoms with E-state index in [2.05, 4.69) is 0 Å². The summed E-state index contributed by atoms with van der Waals surface area (Å²) >= 11 is 0. The second-order valence-corrected chi connectivity index (χ2v) is 14.1. The summed E-state index contributed by atoms with van der Waals surface area (Å²) in [6, 6.07) is 3.40. The third-order valence-electron chi connectivity index (χ3n) is 4.87. The average Bonchev–Trinajstić information content (AvgIpc) is 2.74. The molecule has 1 rings (SSSR count). The predicted molar refractivity (Wildman–Crippen MR) is 146 cm³/mol. The Morgan fingerprint density at radius 2 is 1.32 bits per heavy atom. The lowest BCUT2D eigenvalue weighted by molar-refractivity contribution is -0.387. The van der Waals surface area contributed by atoms with E-state index in [9.17, 15) is 32.9 Å². The molecule has 0 heterocycles. The highest BCUT2D eigenvalue weighted by Gasteiger charge is 2.42. The molecule has 0 unspecified atom stereocenters. The summed E-state index contributed by atoms with van der Waals surface area (Å²) in [4.78, 5) is 50.2. The van der Waals surface area contributed by atoms with Crippen molar-refractivity contribution < 1.29 is 41.9 Å². The molecule has 0 spiro atoms. The molecular formula is C26H41N3O10S. The summed E-state index contributed by atoms with van der Waals surface area (Å²) in [5, 5.41) is 11.4. The first-order valence-electron chi connectivity index (χ1n) is 12.6. The fraction of sp³-hybridized carbons (Fsp3) is 0.654. The number of carbonyl (C=O) groups excluding carboxylic acids is 3. The Kier molecular flexibility index (Phi) is 11.2. The largest absolute Gasteiger partial charge is 0.458 e. The van der Waals surface area contributed by atoms with Crippen molar-refractivity contribution in [3.8, 4) is 0 Å². The molecule has 40 heavy (non-hydrogen) atoms. The van der Waals surface area contributed by atoms with Crippen LogP contribution in [-0.4, -0.2) is 77.1 Å². The lowest BCUT2D eigenvalue weighted by Gasteiger charge is -2.34. The van der Waals surface area contributed by atoms with E-state index in [0.29, 0.717) is 4.90 Å². The number of carbonyl (C=O) groups is 3. The number of nitro benzene ring substituents is 1. The van der Waals surface area contributed by atoms with Gasteiger partial charge in [-0.2, -0.15) is 4.90 Å². The molecule has 13 nitrogen and oxygen atoms in total. The number of nitrogens with zero attached hydrogens (tertiary/aromatic N) is 3. The first kappa shape index (κ1) is 34.8. The lowest BCUT2D eigenvalue weighted by atomic mass is 10.1. The molecule has 0 saturated carbocycles. The molecule has 0 N–H and O–H groups in total. The third-order valence-corrected chi connectivity index (χ3v) is 6.78. The van der Waals surface area contributed by atoms with E-state index in [0.717, 1.165) is 16.4 Å². The van der Waals surface area contributed by atoms with E-state index in [1.165, 1.54) is 19.2 Å². The quantitative estimate of drug-likeness (QED) is 0.168. The molecule has 226 valence electrons. The zero-order valence-corrected chi connectivity index (χ0v) is 25.7. The molecule has 0 aliphatic heterocycles. The Hall–Kier alpha value is -3.26. The average molecular weight is 588 g/mol. The molecule has 0 bridgehead atoms. The van der Waals surface area contributed by atoms with Crippen LogP contribution in [0.25, 0.3) is 0 Å². The molecule has 14 heteroatoms. The van der Waals surface area contributed by atoms with Gasteiger partial charge in [0, 0.05) is 19.7 Å². The zero-order valence-electron chi connectivity index (χ0n) is 24.8. The number of hydrogen-bond acceptors (Lipinski definition) is 10. The fourth-order valence-corrected chi connectivity index (χ4v) is 4.66. The first-order chi connectivity index (χ1) is 18.0. The maximum atomic E-state index is 13.3. The smallest absolute Gasteiger partial charge is 0.420 e. The van der Waals surface area contributed by atoms with Gasteiger partial charge in [-0.1, -0.05) is 12.1 Å². The van der Waals surface area contributed by atoms with Crippen LogP contribution in [0.4, 0.5) is 15.3 Å². The second-order valence-electron chi connectivity index (χ2n) is 12.1. The molecule has 0 saturated heterocycles. The molecule has 0 aliphatic carbocycles. The first-order valence-corrected chi connectivity index (χ1v) is 14.1. The number of benzene rings is 1. The van der Waals surface area contributed by atoms with Crippen LogP contribution in [-0.2, 0) is 29.0 Å². The summed E-state index contributed by atoms with van der Waals surface area (Å²) in [6.45, 7) is 14.1. The highest BCUT2D eigenvalue weighted by atomic mass is 32.2. The Bertz CT molecular complexity index is 1170. The van der Waals surface area contributed by atoms with Crippen LogP contribution >= 0.6 is 0 Å². The third kappa shape index (κ3) is 10.7. The van der Waals surface area contributed by atoms with Gasteiger partial charge in [0.15, 0.2) is 4.90 Å². The van der Waals surface area contributed by atoms with Crippen LogP contribution in [0, 0.1) is 10.1 Å². The van der Waals surface area contributed by atoms with Crippen LogP contribution in [0.1, 0.15) is 75.2 Å². The van der Waals surface area contributed by atoms with Crippen molar-refractivity contribution in [1.29, 1.82) is 0 Å². The predicted octanol–water partition coefficient (Wildman–Crippen LogP) is 4.88. The van der Waals surface area contributed by atoms with Gasteiger partial charge in [0.25, 0.3) is 5.69 Å². The van der Waals surface area contributed by atoms with Gasteiger partial charge in [-0.3, -0.25) is 10.1 Å². The Morgan fingerprint density at radius 1 is 0.875 bits per heavy atom. The summed E-state index contributed by atoms with van der Waals surface area (Å²) in [6.07, 6.45) is -2.54. The van der Waals surface area contributed by atoms with Crippen molar-refractivity contribution in [1.82, 2.24) is 9.21 Å². The van der Waals surface area contributed by atoms with E-state index in [1.807, 2.05) is 0 Å². The fourth-order valence-electron chi connectivity index (χ4n) is 3.29. The summed E-state index contributed by atoms with van der Waals surface area (Å²) in [5.41, 5.74) is -3.60. The van der Waals surface area contributed by atoms with Crippen LogP contribution in [0.15, 0.2) is 29.2 Å². The van der Waals surface area contributed by atoms with Gasteiger partial charge in [0.1, 0.15) is 22.8 Å². The standard InChI is InChI=1S/C26H41N3O10S/c1-24(2,3)37-21(30)19(28(22(31)38-25(4,5)6)23(32)39-26(7,8)9)15-13-17-27(10)40(35,36)20-16-12-11-14-18(20)29(33)34/h11-12,14,16,19H,13,15,17H2,1-10H3/t19-/m0/s1. The van der Waals surface area contributed by atoms with Crippen LogP contribution in [0.2, 0.25) is 0 Å². The number of imide groups is 1. The molecule has 0 fully saturated rings. The number of esters is 1. The SMILES string of the molecule is CN(CCC[C@@H](C(=O)OC(C)(C)C)N(C(=O)OC(C)(C)C)C(=O)OC(C)(C)C)S(=O)(=O)c1ccccc1[N+](=O)[O-]. The van der Waals surface area contributed by atoms with Gasteiger partial charge in [0.2, 0.25) is 10.0 Å². The van der Waals surface area contributed by atoms with E-state index < -0.39 is 66.5 Å². The van der Waals surface area contributed by atoms with Gasteiger partial charge in [-0.05, 0) is 81.2 Å². The molecule has 0 aromatic heterocycles. The number of sulfonamides is 1. The van der Waals surface area contributed by atoms with Crippen molar-refractivity contribution in [2.24, 2.45) is 0 Å². The van der Waals surface area contributed by atoms with Crippen molar-refractivity contribution >= 4 is 33.9 Å². The summed E-state index contributed by atoms with van der Waals surface area (Å²) in [5.74, 6) is -0.923. The van der Waals surface area contributed by atoms with Crippen molar-refractivity contribution in [3.05, 3.63) is 34.4 Å². The maximum absolute atomic E-state index is 13.3. The second kappa shape index (κ2) is 12.9. The van der Waals surface area contributed by atoms with Gasteiger partial charge < -0.3 is 14.2 Å². The summed E-state index contributed by atoms with van der Waals surface area (Å²) < 4.78 is 43.3. The lowest BCUT2D eigenvalue weighted by Crippen LogP contribution is -2.53. The maximum Gasteiger partial charge on any atom is 0.420 e. The molecule has 1 aromatic rings. The van der Waals surface area contributed by atoms with E-state index in [4.69, 9.17) is 14.2 Å². The number of ether oxygens (including phenoxy) is 3. The minimum atomic E-state index is -4.28. The Morgan fingerprint density at radius 3 is 1.75 bits per heavy atom. The molecule has 1 aromatic carbocycles. The Labute approximate surface area is 235 Å². The van der Waals surface area contributed by atoms with E-state index in [-0.39, 0.29) is 19.4 Å². The Balaban J connectivity index is 3.37. The topological polar surface area (TPSA) is 163 Å². The van der Waals surface area contributed by atoms with Crippen molar-refractivity contribution in [3.63, 3.8) is 0 Å². The number of rotatable bonds is 9. The van der Waals surface area contributed by atoms with Crippen molar-refractivity contribution in [2.45, 2.75) is 103 Å². The van der Waals surface area contributed by atoms with E-state index in [1.54, 1.807) is 62.3 Å². The van der Waals surface area contributed by atoms with Crippen LogP contribution in [0.5, 0.6) is 0 Å². The number of amides is 2. The minimum Gasteiger partial charge on any atom is -0.458 e. The molecule has 2 amide bonds. The monoisotopic (exact) mass is 587 g/mol. The molecule has 0 aliphatic rings. The van der Waals surface area contributed by atoms with Crippen molar-refractivity contribution in [2.75, 3.05) is 13.6 Å². The highest BCUT2D eigenvalue weighted by Crippen LogP contribution is 2.27. The molecular weight excluding hydrogens is 546 g/mol. The minimum absolute atomic E-state index is 0.0393. The number of hydrogen-bond donors (Lipinski definition) is 0. The van der Waals surface area contributed by atoms with Gasteiger partial charge in [-0.25, -0.2) is 27.1 Å². The van der Waals surface area contributed by atoms with Crippen LogP contribution in [0.3, 0.4) is 0 Å². The van der Waals surface area contributed by atoms with Gasteiger partial charge in [0.05, 0.1) is 4.92 Å².